The molecule has 0 saturated heterocycles. The largest absolute Gasteiger partial charge is 0.494 e. The van der Waals surface area contributed by atoms with Crippen molar-refractivity contribution >= 4 is 67.6 Å². The summed E-state index contributed by atoms with van der Waals surface area (Å²) in [4.78, 5) is 35.6. The minimum absolute atomic E-state index is 0.285. The van der Waals surface area contributed by atoms with E-state index in [1.165, 1.54) is 7.11 Å². The number of para-hydroxylation sites is 2. The highest BCUT2D eigenvalue weighted by atomic mass is 16.6. The van der Waals surface area contributed by atoms with Crippen LogP contribution in [0.25, 0.3) is 44.4 Å². The lowest BCUT2D eigenvalue weighted by molar-refractivity contribution is 0.101. The molecule has 0 atom stereocenters. The maximum atomic E-state index is 13.5. The lowest BCUT2D eigenvalue weighted by Gasteiger charge is -2.18. The molecule has 5 aromatic carbocycles. The number of carbonyl (C=O) groups excluding carboxylic acids is 2. The number of benzene rings is 5. The third kappa shape index (κ3) is 4.64. The number of nitrogens with zero attached hydrogens (tertiary/aromatic N) is 1. The molecule has 2 amide bonds. The van der Waals surface area contributed by atoms with E-state index in [1.54, 1.807) is 78.6 Å². The normalized spacial score (nSPS) is 11.1. The third-order valence-corrected chi connectivity index (χ3v) is 7.25. The van der Waals surface area contributed by atoms with Crippen LogP contribution >= 0.6 is 0 Å². The number of ether oxygens (including phenoxy) is 1. The first-order valence-electron chi connectivity index (χ1n) is 13.8. The van der Waals surface area contributed by atoms with Crippen molar-refractivity contribution in [3.05, 3.63) is 114 Å². The van der Waals surface area contributed by atoms with Gasteiger partial charge in [-0.05, 0) is 42.5 Å². The number of carbonyl (C=O) groups is 2. The number of amides is 2. The fraction of sp³-hybridized carbons (Fsp3) is 0.0588. The van der Waals surface area contributed by atoms with Crippen molar-refractivity contribution in [1.82, 2.24) is 9.71 Å². The molecule has 0 aliphatic heterocycles. The second-order valence-electron chi connectivity index (χ2n) is 9.94. The van der Waals surface area contributed by atoms with Crippen molar-refractivity contribution in [2.24, 2.45) is 0 Å². The van der Waals surface area contributed by atoms with Gasteiger partial charge in [-0.15, -0.1) is 0 Å². The Kier molecular flexibility index (Phi) is 6.63. The predicted octanol–water partition coefficient (Wildman–Crippen LogP) is 7.31. The molecule has 7 rings (SSSR count). The first-order chi connectivity index (χ1) is 21.5. The molecule has 2 heterocycles. The molecule has 10 nitrogen and oxygen atoms in total. The zero-order valence-corrected chi connectivity index (χ0v) is 23.7. The summed E-state index contributed by atoms with van der Waals surface area (Å²) >= 11 is 0. The smallest absolute Gasteiger partial charge is 0.255 e. The van der Waals surface area contributed by atoms with E-state index in [4.69, 9.17) is 18.4 Å². The second kappa shape index (κ2) is 10.9. The van der Waals surface area contributed by atoms with Crippen LogP contribution in [0.1, 0.15) is 20.7 Å². The second-order valence-corrected chi connectivity index (χ2v) is 9.94. The van der Waals surface area contributed by atoms with Gasteiger partial charge in [-0.25, -0.2) is 0 Å². The van der Waals surface area contributed by atoms with Gasteiger partial charge in [0.25, 0.3) is 11.8 Å². The standard InChI is InChI=1S/C34H26N4O6/c1-41-27-19-28-23(17-22(27)36-33(39)20-11-5-3-6-12-20)35-24-18-29-31(38(42-2)25-15-9-10-16-26(25)43-29)30(32(24)44-28)37-34(40)21-13-7-4-8-14-21/h3-19,35H,1-2H3,(H,36,39)(H,37,40). The van der Waals surface area contributed by atoms with Gasteiger partial charge in [-0.2, -0.15) is 4.73 Å². The number of nitrogens with one attached hydrogen (secondary N) is 3. The molecule has 0 bridgehead atoms. The SMILES string of the molecule is COc1cc2oc3c(NC(=O)c4ccccc4)c4c(cc3[nH]c2cc1NC(=O)c1ccccc1)oc1ccccc1n4OC. The number of rotatable bonds is 6. The van der Waals surface area contributed by atoms with Gasteiger partial charge in [0, 0.05) is 23.3 Å². The Morgan fingerprint density at radius 2 is 1.36 bits per heavy atom. The number of hydrogen-bond donors (Lipinski definition) is 3. The number of methoxy groups -OCH3 is 1. The van der Waals surface area contributed by atoms with E-state index < -0.39 is 0 Å². The Hall–Kier alpha value is -6.16. The van der Waals surface area contributed by atoms with Crippen molar-refractivity contribution in [2.45, 2.75) is 0 Å². The summed E-state index contributed by atoms with van der Waals surface area (Å²) in [5.41, 5.74) is 5.73. The van der Waals surface area contributed by atoms with Crippen LogP contribution in [0.3, 0.4) is 0 Å². The molecule has 0 spiro atoms. The van der Waals surface area contributed by atoms with Crippen LogP contribution in [0.5, 0.6) is 5.75 Å². The summed E-state index contributed by atoms with van der Waals surface area (Å²) < 4.78 is 20.0. The maximum absolute atomic E-state index is 13.5. The maximum Gasteiger partial charge on any atom is 0.255 e. The molecule has 0 fully saturated rings. The molecule has 0 unspecified atom stereocenters. The molecule has 0 aliphatic carbocycles. The Morgan fingerprint density at radius 1 is 0.705 bits per heavy atom. The highest BCUT2D eigenvalue weighted by molar-refractivity contribution is 6.15. The van der Waals surface area contributed by atoms with Gasteiger partial charge < -0.3 is 34.0 Å². The van der Waals surface area contributed by atoms with Crippen molar-refractivity contribution in [3.8, 4) is 5.75 Å². The molecule has 10 heteroatoms. The summed E-state index contributed by atoms with van der Waals surface area (Å²) in [6.45, 7) is 0. The van der Waals surface area contributed by atoms with Crippen molar-refractivity contribution in [1.29, 1.82) is 0 Å². The molecule has 218 valence electrons. The fourth-order valence-corrected chi connectivity index (χ4v) is 5.19. The van der Waals surface area contributed by atoms with Crippen LogP contribution in [0.2, 0.25) is 0 Å². The van der Waals surface area contributed by atoms with Crippen molar-refractivity contribution < 1.29 is 28.0 Å². The first-order valence-corrected chi connectivity index (χ1v) is 13.8. The van der Waals surface area contributed by atoms with Crippen LogP contribution < -0.4 is 20.2 Å². The first kappa shape index (κ1) is 26.7. The minimum Gasteiger partial charge on any atom is -0.494 e. The van der Waals surface area contributed by atoms with E-state index in [1.807, 2.05) is 36.4 Å². The molecule has 3 N–H and O–H groups in total. The number of hydrogen-bond acceptors (Lipinski definition) is 6. The van der Waals surface area contributed by atoms with Crippen LogP contribution in [-0.2, 0) is 0 Å². The topological polar surface area (TPSA) is 124 Å². The summed E-state index contributed by atoms with van der Waals surface area (Å²) in [5, 5.41) is 5.95. The number of anilines is 2. The van der Waals surface area contributed by atoms with Crippen LogP contribution in [0.4, 0.5) is 11.4 Å². The number of H-pyrrole nitrogens is 1. The molecule has 44 heavy (non-hydrogen) atoms. The Bertz CT molecular complexity index is 2240. The van der Waals surface area contributed by atoms with E-state index in [9.17, 15) is 9.59 Å². The lowest BCUT2D eigenvalue weighted by Crippen LogP contribution is -2.16. The van der Waals surface area contributed by atoms with E-state index in [-0.39, 0.29) is 11.8 Å². The zero-order chi connectivity index (χ0) is 30.2. The van der Waals surface area contributed by atoms with E-state index >= 15 is 0 Å². The number of aromatic nitrogens is 2. The number of fused-ring (bicyclic) bond motifs is 4. The third-order valence-electron chi connectivity index (χ3n) is 7.25. The van der Waals surface area contributed by atoms with Crippen molar-refractivity contribution in [3.63, 3.8) is 0 Å². The summed E-state index contributed by atoms with van der Waals surface area (Å²) in [5.74, 6) is -0.239. The van der Waals surface area contributed by atoms with Gasteiger partial charge in [0.15, 0.2) is 27.8 Å². The summed E-state index contributed by atoms with van der Waals surface area (Å²) in [6, 6.07) is 30.4. The average molecular weight is 587 g/mol. The molecule has 7 aromatic rings. The Labute approximate surface area is 250 Å². The Morgan fingerprint density at radius 3 is 2.05 bits per heavy atom. The van der Waals surface area contributed by atoms with Crippen LogP contribution in [0.15, 0.2) is 112 Å². The quantitative estimate of drug-likeness (QED) is 0.176. The molecule has 0 saturated carbocycles. The van der Waals surface area contributed by atoms with E-state index in [0.717, 1.165) is 0 Å². The van der Waals surface area contributed by atoms with Gasteiger partial charge in [-0.1, -0.05) is 48.5 Å². The summed E-state index contributed by atoms with van der Waals surface area (Å²) in [7, 11) is 3.05. The summed E-state index contributed by atoms with van der Waals surface area (Å²) in [6.07, 6.45) is 0. The highest BCUT2D eigenvalue weighted by Gasteiger charge is 2.22. The van der Waals surface area contributed by atoms with E-state index in [2.05, 4.69) is 15.6 Å². The van der Waals surface area contributed by atoms with Gasteiger partial charge in [-0.3, -0.25) is 9.59 Å². The van der Waals surface area contributed by atoms with Crippen molar-refractivity contribution in [2.75, 3.05) is 24.9 Å². The lowest BCUT2D eigenvalue weighted by atomic mass is 10.1. The molecule has 0 radical (unpaired) electrons. The monoisotopic (exact) mass is 586 g/mol. The van der Waals surface area contributed by atoms with Gasteiger partial charge in [0.05, 0.1) is 23.8 Å². The fourth-order valence-electron chi connectivity index (χ4n) is 5.19. The Balaban J connectivity index is 1.47. The number of aromatic amines is 1. The van der Waals surface area contributed by atoms with Gasteiger partial charge >= 0.3 is 0 Å². The molecule has 2 aromatic heterocycles. The average Bonchev–Trinajstić information content (AvgIpc) is 3.06. The molecule has 0 aliphatic rings. The van der Waals surface area contributed by atoms with Crippen LogP contribution in [0, 0.1) is 0 Å². The zero-order valence-electron chi connectivity index (χ0n) is 23.7. The molecular weight excluding hydrogens is 560 g/mol. The van der Waals surface area contributed by atoms with Gasteiger partial charge in [0.2, 0.25) is 0 Å². The predicted molar refractivity (Wildman–Crippen MR) is 169 cm³/mol. The minimum atomic E-state index is -0.345. The van der Waals surface area contributed by atoms with Crippen LogP contribution in [-0.4, -0.2) is 35.7 Å². The van der Waals surface area contributed by atoms with E-state index in [0.29, 0.717) is 72.7 Å². The highest BCUT2D eigenvalue weighted by Crippen LogP contribution is 2.38. The van der Waals surface area contributed by atoms with Gasteiger partial charge in [0.1, 0.15) is 24.1 Å². The molecular formula is C34H26N4O6.